The van der Waals surface area contributed by atoms with Gasteiger partial charge in [0, 0.05) is 6.61 Å². The number of ether oxygens (including phenoxy) is 2. The van der Waals surface area contributed by atoms with Gasteiger partial charge in [-0.15, -0.1) is 0 Å². The summed E-state index contributed by atoms with van der Waals surface area (Å²) in [6.07, 6.45) is 1.70. The molecule has 1 saturated heterocycles. The second kappa shape index (κ2) is 6.89. The van der Waals surface area contributed by atoms with E-state index >= 15 is 0 Å². The fourth-order valence-electron chi connectivity index (χ4n) is 2.33. The summed E-state index contributed by atoms with van der Waals surface area (Å²) in [5.74, 6) is 0.319. The SMILES string of the molecule is N#Cc1ccc(O[C@@H]2COCC[C@H]2NC(=O)c2cn[nH]n2)cc1. The van der Waals surface area contributed by atoms with E-state index in [0.717, 1.165) is 0 Å². The summed E-state index contributed by atoms with van der Waals surface area (Å²) in [5, 5.41) is 21.5. The van der Waals surface area contributed by atoms with Gasteiger partial charge < -0.3 is 14.8 Å². The molecule has 1 aromatic heterocycles. The number of aromatic nitrogens is 3. The van der Waals surface area contributed by atoms with E-state index in [0.29, 0.717) is 30.9 Å². The number of hydrogen-bond acceptors (Lipinski definition) is 6. The van der Waals surface area contributed by atoms with Crippen molar-refractivity contribution in [3.8, 4) is 11.8 Å². The Bertz CT molecular complexity index is 693. The van der Waals surface area contributed by atoms with Crippen LogP contribution in [0.5, 0.6) is 5.75 Å². The highest BCUT2D eigenvalue weighted by Gasteiger charge is 2.29. The predicted octanol–water partition coefficient (Wildman–Crippen LogP) is 0.643. The fourth-order valence-corrected chi connectivity index (χ4v) is 2.33. The zero-order chi connectivity index (χ0) is 16.1. The maximum absolute atomic E-state index is 12.1. The first kappa shape index (κ1) is 15.0. The standard InChI is InChI=1S/C15H15N5O3/c16-7-10-1-3-11(4-2-10)23-14-9-22-6-5-12(14)18-15(21)13-8-17-20-19-13/h1-4,8,12,14H,5-6,9H2,(H,18,21)(H,17,19,20)/t12-,14-/m1/s1. The van der Waals surface area contributed by atoms with E-state index in [1.165, 1.54) is 6.20 Å². The summed E-state index contributed by atoms with van der Waals surface area (Å²) in [5.41, 5.74) is 0.793. The number of amides is 1. The Morgan fingerprint density at radius 3 is 2.96 bits per heavy atom. The summed E-state index contributed by atoms with van der Waals surface area (Å²) >= 11 is 0. The zero-order valence-electron chi connectivity index (χ0n) is 12.2. The number of nitrogens with one attached hydrogen (secondary N) is 2. The van der Waals surface area contributed by atoms with Crippen molar-refractivity contribution in [2.24, 2.45) is 0 Å². The molecule has 0 spiro atoms. The Balaban J connectivity index is 1.66. The van der Waals surface area contributed by atoms with Gasteiger partial charge in [0.2, 0.25) is 0 Å². The molecule has 0 bridgehead atoms. The molecular formula is C15H15N5O3. The smallest absolute Gasteiger partial charge is 0.273 e. The van der Waals surface area contributed by atoms with Crippen LogP contribution in [0.25, 0.3) is 0 Å². The molecule has 2 N–H and O–H groups in total. The molecule has 0 aliphatic carbocycles. The molecule has 2 heterocycles. The van der Waals surface area contributed by atoms with Crippen molar-refractivity contribution in [3.05, 3.63) is 41.7 Å². The van der Waals surface area contributed by atoms with E-state index in [-0.39, 0.29) is 23.7 Å². The maximum atomic E-state index is 12.1. The lowest BCUT2D eigenvalue weighted by atomic mass is 10.1. The second-order valence-corrected chi connectivity index (χ2v) is 5.09. The molecule has 8 heteroatoms. The Labute approximate surface area is 132 Å². The highest BCUT2D eigenvalue weighted by atomic mass is 16.5. The lowest BCUT2D eigenvalue weighted by molar-refractivity contribution is -0.0135. The summed E-state index contributed by atoms with van der Waals surface area (Å²) in [6, 6.07) is 8.68. The first-order chi connectivity index (χ1) is 11.3. The van der Waals surface area contributed by atoms with Gasteiger partial charge in [-0.3, -0.25) is 4.79 Å². The molecule has 3 rings (SSSR count). The maximum Gasteiger partial charge on any atom is 0.273 e. The van der Waals surface area contributed by atoms with Crippen LogP contribution in [0, 0.1) is 11.3 Å². The molecule has 0 radical (unpaired) electrons. The summed E-state index contributed by atoms with van der Waals surface area (Å²) in [6.45, 7) is 0.931. The van der Waals surface area contributed by atoms with Crippen LogP contribution in [0.2, 0.25) is 0 Å². The second-order valence-electron chi connectivity index (χ2n) is 5.09. The van der Waals surface area contributed by atoms with E-state index in [9.17, 15) is 4.79 Å². The molecule has 0 saturated carbocycles. The van der Waals surface area contributed by atoms with Gasteiger partial charge >= 0.3 is 0 Å². The van der Waals surface area contributed by atoms with Crippen LogP contribution in [0.15, 0.2) is 30.5 Å². The Hall–Kier alpha value is -2.92. The van der Waals surface area contributed by atoms with Crippen LogP contribution in [0.1, 0.15) is 22.5 Å². The zero-order valence-corrected chi connectivity index (χ0v) is 12.2. The van der Waals surface area contributed by atoms with Crippen molar-refractivity contribution in [3.63, 3.8) is 0 Å². The minimum Gasteiger partial charge on any atom is -0.486 e. The lowest BCUT2D eigenvalue weighted by Crippen LogP contribution is -2.51. The van der Waals surface area contributed by atoms with Gasteiger partial charge in [0.25, 0.3) is 5.91 Å². The molecule has 1 aliphatic rings. The largest absolute Gasteiger partial charge is 0.486 e. The van der Waals surface area contributed by atoms with Gasteiger partial charge in [-0.25, -0.2) is 0 Å². The molecule has 1 aromatic carbocycles. The molecule has 0 unspecified atom stereocenters. The average molecular weight is 313 g/mol. The van der Waals surface area contributed by atoms with Gasteiger partial charge in [0.05, 0.1) is 30.5 Å². The molecule has 23 heavy (non-hydrogen) atoms. The number of carbonyl (C=O) groups is 1. The highest BCUT2D eigenvalue weighted by Crippen LogP contribution is 2.18. The van der Waals surface area contributed by atoms with Gasteiger partial charge in [-0.05, 0) is 30.7 Å². The molecular weight excluding hydrogens is 298 g/mol. The monoisotopic (exact) mass is 313 g/mol. The van der Waals surface area contributed by atoms with Crippen molar-refractivity contribution in [1.29, 1.82) is 5.26 Å². The molecule has 2 aromatic rings. The van der Waals surface area contributed by atoms with Gasteiger partial charge in [-0.1, -0.05) is 0 Å². The lowest BCUT2D eigenvalue weighted by Gasteiger charge is -2.32. The highest BCUT2D eigenvalue weighted by molar-refractivity contribution is 5.92. The number of benzene rings is 1. The molecule has 1 fully saturated rings. The van der Waals surface area contributed by atoms with Crippen molar-refractivity contribution < 1.29 is 14.3 Å². The van der Waals surface area contributed by atoms with Crippen LogP contribution in [0.4, 0.5) is 0 Å². The Kier molecular flexibility index (Phi) is 4.49. The molecule has 2 atom stereocenters. The van der Waals surface area contributed by atoms with Crippen molar-refractivity contribution in [1.82, 2.24) is 20.7 Å². The van der Waals surface area contributed by atoms with Crippen LogP contribution >= 0.6 is 0 Å². The number of hydrogen-bond donors (Lipinski definition) is 2. The number of rotatable bonds is 4. The van der Waals surface area contributed by atoms with Crippen LogP contribution < -0.4 is 10.1 Å². The van der Waals surface area contributed by atoms with Crippen LogP contribution in [-0.4, -0.2) is 46.7 Å². The van der Waals surface area contributed by atoms with E-state index in [1.54, 1.807) is 24.3 Å². The molecule has 1 aliphatic heterocycles. The molecule has 118 valence electrons. The fraction of sp³-hybridized carbons (Fsp3) is 0.333. The first-order valence-electron chi connectivity index (χ1n) is 7.17. The van der Waals surface area contributed by atoms with E-state index in [1.807, 2.05) is 0 Å². The van der Waals surface area contributed by atoms with Gasteiger partial charge in [0.1, 0.15) is 11.9 Å². The quantitative estimate of drug-likeness (QED) is 0.856. The normalized spacial score (nSPS) is 20.5. The number of aromatic amines is 1. The van der Waals surface area contributed by atoms with Crippen LogP contribution in [0.3, 0.4) is 0 Å². The minimum absolute atomic E-state index is 0.191. The van der Waals surface area contributed by atoms with E-state index in [4.69, 9.17) is 14.7 Å². The Morgan fingerprint density at radius 2 is 2.26 bits per heavy atom. The van der Waals surface area contributed by atoms with E-state index < -0.39 is 0 Å². The first-order valence-corrected chi connectivity index (χ1v) is 7.17. The van der Waals surface area contributed by atoms with Gasteiger partial charge in [-0.2, -0.15) is 20.7 Å². The van der Waals surface area contributed by atoms with Crippen molar-refractivity contribution in [2.75, 3.05) is 13.2 Å². The average Bonchev–Trinajstić information content (AvgIpc) is 3.12. The number of nitriles is 1. The van der Waals surface area contributed by atoms with Crippen molar-refractivity contribution >= 4 is 5.91 Å². The predicted molar refractivity (Wildman–Crippen MR) is 78.6 cm³/mol. The topological polar surface area (TPSA) is 113 Å². The number of H-pyrrole nitrogens is 1. The van der Waals surface area contributed by atoms with Crippen LogP contribution in [-0.2, 0) is 4.74 Å². The Morgan fingerprint density at radius 1 is 1.43 bits per heavy atom. The van der Waals surface area contributed by atoms with Gasteiger partial charge in [0.15, 0.2) is 5.69 Å². The third kappa shape index (κ3) is 3.64. The minimum atomic E-state index is -0.312. The number of nitrogens with zero attached hydrogens (tertiary/aromatic N) is 3. The third-order valence-corrected chi connectivity index (χ3v) is 3.54. The summed E-state index contributed by atoms with van der Waals surface area (Å²) in [4.78, 5) is 12.1. The van der Waals surface area contributed by atoms with Crippen molar-refractivity contribution in [2.45, 2.75) is 18.6 Å². The molecule has 8 nitrogen and oxygen atoms in total. The summed E-state index contributed by atoms with van der Waals surface area (Å²) < 4.78 is 11.3. The summed E-state index contributed by atoms with van der Waals surface area (Å²) in [7, 11) is 0. The number of carbonyl (C=O) groups excluding carboxylic acids is 1. The third-order valence-electron chi connectivity index (χ3n) is 3.54. The molecule has 1 amide bonds. The van der Waals surface area contributed by atoms with E-state index in [2.05, 4.69) is 26.8 Å².